The molecule has 20 rings (SSSR count). The normalized spacial score (nSPS) is 23.3. The number of hydrogen-bond acceptors (Lipinski definition) is 20. The Hall–Kier alpha value is -12.1. The van der Waals surface area contributed by atoms with Crippen LogP contribution in [0.2, 0.25) is 0 Å². The predicted molar refractivity (Wildman–Crippen MR) is 428 cm³/mol. The van der Waals surface area contributed by atoms with Gasteiger partial charge in [-0.15, -0.1) is 11.3 Å². The number of carbonyl (C=O) groups excluding carboxylic acids is 4. The van der Waals surface area contributed by atoms with Crippen LogP contribution in [0.15, 0.2) is 183 Å². The Kier molecular flexibility index (Phi) is 21.1. The van der Waals surface area contributed by atoms with Gasteiger partial charge in [0.25, 0.3) is 23.6 Å². The smallest absolute Gasteiger partial charge is 0.275 e. The number of fused-ring (bicyclic) bond motifs is 9. The number of imidazole rings is 1. The lowest BCUT2D eigenvalue weighted by molar-refractivity contribution is 0.0457. The molecule has 4 saturated heterocycles. The van der Waals surface area contributed by atoms with Gasteiger partial charge in [0.05, 0.1) is 57.8 Å². The fraction of sp³-hybridized carbons (Fsp3) is 0.352. The van der Waals surface area contributed by atoms with Crippen LogP contribution in [0.25, 0.3) is 39.2 Å². The number of ether oxygens (including phenoxy) is 3. The molecule has 3 aromatic carbocycles. The fourth-order valence-electron chi connectivity index (χ4n) is 18.0. The Bertz CT molecular complexity index is 5180. The van der Waals surface area contributed by atoms with Crippen molar-refractivity contribution in [3.8, 4) is 50.6 Å². The first-order chi connectivity index (χ1) is 55.4. The third-order valence-electron chi connectivity index (χ3n) is 23.2. The molecule has 12 unspecified atom stereocenters. The number of nitrogens with one attached hydrogen (secondary N) is 1. The van der Waals surface area contributed by atoms with Crippen LogP contribution in [0.3, 0.4) is 0 Å². The average Bonchev–Trinajstić information content (AvgIpc) is 1.59. The number of benzene rings is 3. The summed E-state index contributed by atoms with van der Waals surface area (Å²) in [5.41, 5.74) is 10.8. The zero-order valence-electron chi connectivity index (χ0n) is 64.3. The SMILES string of the molecule is Cc1ccc(OC2CC3CC2N(C(=O)c2c(C)nc4n2C=CC4)C3)nc1.Cc1ccc(OC2CC3CC2N(C(=O)c2nc(C)sc2-c2ccc(F)cc2)C3)nc1.Cc1ccc(OC2CC3CC2N(C(=O)c2nccnc2-c2ccccc2)C3)nc1.Cc1cnc(NC2CC3CC2N(C(=O)c2nccnc2-c2ccccc2)C3)cn1. The lowest BCUT2D eigenvalue weighted by Crippen LogP contribution is -2.48. The molecule has 0 spiro atoms. The van der Waals surface area contributed by atoms with Crippen molar-refractivity contribution >= 4 is 47.0 Å². The quantitative estimate of drug-likeness (QED) is 0.0999. The van der Waals surface area contributed by atoms with Crippen molar-refractivity contribution in [1.82, 2.24) is 79.0 Å². The number of piperidine rings is 4. The van der Waals surface area contributed by atoms with Crippen LogP contribution in [0, 0.1) is 71.0 Å². The van der Waals surface area contributed by atoms with Crippen molar-refractivity contribution in [3.63, 3.8) is 0 Å². The van der Waals surface area contributed by atoms with Crippen molar-refractivity contribution in [1.29, 1.82) is 0 Å². The molecule has 13 heterocycles. The highest BCUT2D eigenvalue weighted by atomic mass is 32.1. The standard InChI is InChI=1S/C23H22FN3O2S.C23H22N4O2.C22H22N6O.C20H22N4O2/c1-13-3-8-20(25-11-13)29-19-10-15-9-18(19)27(12-15)23(28)21-22(30-14(2)26-21)16-4-6-17(24)7-5-16;1-15-7-8-20(26-13-15)29-19-12-16-11-18(19)27(14-16)23(28)22-21(24-9-10-25-22)17-5-3-2-4-6-17;1-14-11-26-19(12-25-14)27-17-9-15-10-18(17)28(13-15)22(29)21-20(23-7-8-24-21)16-5-3-2-4-6-16;1-12-5-6-18(21-10-12)26-16-9-14-8-15(16)24(11-14)20(25)19-13(2)22-17-4-3-7-23(17)19/h3-8,11,15,18-19H,9-10,12H2,1-2H3;2-10,13,16,18-19H,11-12,14H2,1H3;2-8,11-12,15,17-18H,9-10,13H2,1H3,(H,26,27);3,5-7,10,14-16H,4,8-9,11H2,1-2H3. The summed E-state index contributed by atoms with van der Waals surface area (Å²) in [6.45, 7) is 14.8. The lowest BCUT2D eigenvalue weighted by Gasteiger charge is -2.34. The number of carbonyl (C=O) groups is 4. The maximum Gasteiger partial charge on any atom is 0.275 e. The number of amides is 4. The monoisotopic (exact) mass is 1550 g/mol. The number of halogens is 1. The van der Waals surface area contributed by atoms with Crippen LogP contribution >= 0.6 is 11.3 Å². The third kappa shape index (κ3) is 15.7. The summed E-state index contributed by atoms with van der Waals surface area (Å²) in [6, 6.07) is 37.8. The van der Waals surface area contributed by atoms with E-state index in [1.165, 1.54) is 23.5 Å². The Balaban J connectivity index is 0.000000110. The van der Waals surface area contributed by atoms with Crippen molar-refractivity contribution in [2.75, 3.05) is 31.5 Å². The van der Waals surface area contributed by atoms with Crippen LogP contribution in [-0.4, -0.2) is 177 Å². The molecule has 5 aliphatic heterocycles. The van der Waals surface area contributed by atoms with E-state index in [0.717, 1.165) is 150 Å². The van der Waals surface area contributed by atoms with Crippen LogP contribution in [0.1, 0.15) is 132 Å². The highest BCUT2D eigenvalue weighted by molar-refractivity contribution is 7.15. The highest BCUT2D eigenvalue weighted by Crippen LogP contribution is 2.46. The average molecular weight is 1550 g/mol. The van der Waals surface area contributed by atoms with Gasteiger partial charge in [0, 0.05) is 118 Å². The molecule has 4 amide bonds. The molecular weight excluding hydrogens is 1460 g/mol. The largest absolute Gasteiger partial charge is 0.472 e. The van der Waals surface area contributed by atoms with Gasteiger partial charge in [-0.2, -0.15) is 0 Å². The Labute approximate surface area is 664 Å². The predicted octanol–water partition coefficient (Wildman–Crippen LogP) is 13.7. The van der Waals surface area contributed by atoms with E-state index in [9.17, 15) is 23.6 Å². The summed E-state index contributed by atoms with van der Waals surface area (Å²) < 4.78 is 33.7. The highest BCUT2D eigenvalue weighted by Gasteiger charge is 2.53. The van der Waals surface area contributed by atoms with Gasteiger partial charge in [0.2, 0.25) is 17.6 Å². The number of allylic oxidation sites excluding steroid dienone is 1. The number of pyridine rings is 3. The number of aromatic nitrogens is 12. The first kappa shape index (κ1) is 74.7. The first-order valence-electron chi connectivity index (χ1n) is 39.2. The molecule has 580 valence electrons. The first-order valence-corrected chi connectivity index (χ1v) is 40.0. The topological polar surface area (TPSA) is 268 Å². The van der Waals surface area contributed by atoms with Crippen LogP contribution in [0.4, 0.5) is 10.2 Å². The molecule has 11 aromatic rings. The second kappa shape index (κ2) is 32.2. The fourth-order valence-corrected chi connectivity index (χ4v) is 18.9. The number of thiazole rings is 1. The number of nitrogens with zero attached hydrogens (tertiary/aromatic N) is 16. The Morgan fingerprint density at radius 3 is 1.35 bits per heavy atom. The lowest BCUT2D eigenvalue weighted by atomic mass is 10.0. The van der Waals surface area contributed by atoms with Gasteiger partial charge in [0.1, 0.15) is 58.5 Å². The van der Waals surface area contributed by atoms with Crippen LogP contribution in [-0.2, 0) is 6.42 Å². The van der Waals surface area contributed by atoms with Gasteiger partial charge >= 0.3 is 0 Å². The number of hydrogen-bond donors (Lipinski definition) is 1. The minimum Gasteiger partial charge on any atom is -0.472 e. The van der Waals surface area contributed by atoms with E-state index in [-0.39, 0.29) is 78.0 Å². The van der Waals surface area contributed by atoms with E-state index in [1.54, 1.807) is 61.7 Å². The zero-order chi connectivity index (χ0) is 78.3. The van der Waals surface area contributed by atoms with Crippen LogP contribution in [0.5, 0.6) is 17.6 Å². The van der Waals surface area contributed by atoms with Gasteiger partial charge < -0.3 is 39.1 Å². The summed E-state index contributed by atoms with van der Waals surface area (Å²) in [7, 11) is 0. The molecular formula is C88H88FN17O7S. The molecule has 8 fully saturated rings. The molecule has 24 nitrogen and oxygen atoms in total. The summed E-state index contributed by atoms with van der Waals surface area (Å²) in [6.07, 6.45) is 27.9. The second-order valence-corrected chi connectivity index (χ2v) is 32.5. The maximum absolute atomic E-state index is 13.5. The molecule has 4 aliphatic carbocycles. The van der Waals surface area contributed by atoms with Gasteiger partial charge in [-0.3, -0.25) is 38.7 Å². The summed E-state index contributed by atoms with van der Waals surface area (Å²) in [5, 5.41) is 4.30. The molecule has 1 N–H and O–H groups in total. The van der Waals surface area contributed by atoms with Crippen molar-refractivity contribution < 1.29 is 37.8 Å². The molecule has 4 saturated carbocycles. The molecule has 114 heavy (non-hydrogen) atoms. The van der Waals surface area contributed by atoms with Gasteiger partial charge in [0.15, 0.2) is 11.4 Å². The van der Waals surface area contributed by atoms with E-state index >= 15 is 0 Å². The van der Waals surface area contributed by atoms with Gasteiger partial charge in [-0.25, -0.2) is 44.3 Å². The second-order valence-electron chi connectivity index (χ2n) is 31.3. The van der Waals surface area contributed by atoms with Gasteiger partial charge in [-0.1, -0.05) is 97.1 Å². The number of aryl methyl sites for hydroxylation is 6. The van der Waals surface area contributed by atoms with E-state index in [1.807, 2.05) is 181 Å². The molecule has 9 aliphatic rings. The Morgan fingerprint density at radius 1 is 0.439 bits per heavy atom. The number of likely N-dealkylation sites (tertiary alicyclic amines) is 4. The Morgan fingerprint density at radius 2 is 0.895 bits per heavy atom. The zero-order valence-corrected chi connectivity index (χ0v) is 65.1. The van der Waals surface area contributed by atoms with Crippen molar-refractivity contribution in [2.24, 2.45) is 23.7 Å². The summed E-state index contributed by atoms with van der Waals surface area (Å²) >= 11 is 1.46. The number of rotatable bonds is 15. The molecule has 8 bridgehead atoms. The maximum atomic E-state index is 13.5. The molecule has 12 atom stereocenters. The summed E-state index contributed by atoms with van der Waals surface area (Å²) in [4.78, 5) is 111. The minimum absolute atomic E-state index is 0.0183. The molecule has 26 heteroatoms. The molecule has 8 aromatic heterocycles. The number of anilines is 1. The van der Waals surface area contributed by atoms with Crippen LogP contribution < -0.4 is 19.5 Å². The van der Waals surface area contributed by atoms with E-state index in [2.05, 4.69) is 60.1 Å². The summed E-state index contributed by atoms with van der Waals surface area (Å²) in [5.74, 6) is 5.04. The van der Waals surface area contributed by atoms with Crippen molar-refractivity contribution in [2.45, 2.75) is 148 Å². The van der Waals surface area contributed by atoms with E-state index in [0.29, 0.717) is 75.5 Å². The minimum atomic E-state index is -0.297. The van der Waals surface area contributed by atoms with Crippen molar-refractivity contribution in [3.05, 3.63) is 251 Å². The molecule has 0 radical (unpaired) electrons. The van der Waals surface area contributed by atoms with E-state index in [4.69, 9.17) is 14.2 Å². The van der Waals surface area contributed by atoms with Gasteiger partial charge in [-0.05, 0) is 151 Å². The van der Waals surface area contributed by atoms with E-state index < -0.39 is 0 Å². The third-order valence-corrected chi connectivity index (χ3v) is 24.3.